The van der Waals surface area contributed by atoms with E-state index in [4.69, 9.17) is 0 Å². The molecule has 1 aliphatic carbocycles. The molecule has 0 aromatic heterocycles. The van der Waals surface area contributed by atoms with Crippen LogP contribution in [0.5, 0.6) is 5.75 Å². The molecule has 2 rings (SSSR count). The standard InChI is InChI=1S/C15H24O.C5H5.5CH3.2ClH.Ti/c1-10-8-11(14(2,3)4)13(16)12(9-10)15(5,6)7;1-2-4-5-3-1;;;;;;;;/h8-9,16H,1-7H3;1-3H,4H2;5*1H3;2*1H;/q;6*-1;;;. The van der Waals surface area contributed by atoms with Crippen LogP contribution in [0.2, 0.25) is 0 Å². The summed E-state index contributed by atoms with van der Waals surface area (Å²) < 4.78 is 0. The molecule has 0 saturated heterocycles. The number of hydrogen-bond acceptors (Lipinski definition) is 1. The normalized spacial score (nSPS) is 10.2. The Labute approximate surface area is 212 Å². The van der Waals surface area contributed by atoms with E-state index >= 15 is 0 Å². The maximum atomic E-state index is 10.4. The Kier molecular flexibility index (Phi) is 37.3. The summed E-state index contributed by atoms with van der Waals surface area (Å²) in [5, 5.41) is 10.4. The third-order valence-corrected chi connectivity index (χ3v) is 3.46. The Balaban J connectivity index is -0.0000000504. The van der Waals surface area contributed by atoms with E-state index in [-0.39, 0.29) is 94.5 Å². The van der Waals surface area contributed by atoms with Gasteiger partial charge in [-0.05, 0) is 28.9 Å². The van der Waals surface area contributed by atoms with Gasteiger partial charge in [-0.1, -0.05) is 59.2 Å². The van der Waals surface area contributed by atoms with Crippen LogP contribution >= 0.6 is 24.8 Å². The van der Waals surface area contributed by atoms with Crippen LogP contribution in [0, 0.1) is 50.1 Å². The summed E-state index contributed by atoms with van der Waals surface area (Å²) in [6.07, 6.45) is 10.0. The van der Waals surface area contributed by atoms with Gasteiger partial charge < -0.3 is 42.2 Å². The van der Waals surface area contributed by atoms with Crippen molar-refractivity contribution in [2.75, 3.05) is 0 Å². The van der Waals surface area contributed by atoms with Crippen molar-refractivity contribution in [2.24, 2.45) is 0 Å². The number of rotatable bonds is 0. The van der Waals surface area contributed by atoms with Crippen LogP contribution in [0.3, 0.4) is 0 Å². The largest absolute Gasteiger partial charge is 0.507 e. The van der Waals surface area contributed by atoms with Crippen molar-refractivity contribution >= 4 is 24.8 Å². The van der Waals surface area contributed by atoms with E-state index in [1.807, 2.05) is 12.2 Å². The first-order valence-corrected chi connectivity index (χ1v) is 7.60. The van der Waals surface area contributed by atoms with Gasteiger partial charge in [-0.15, -0.1) is 31.2 Å². The first-order valence-electron chi connectivity index (χ1n) is 7.60. The zero-order valence-electron chi connectivity index (χ0n) is 20.9. The van der Waals surface area contributed by atoms with E-state index in [1.165, 1.54) is 5.56 Å². The molecular formula is C25H46Cl2OTi-6. The monoisotopic (exact) mass is 480 g/mol. The molecule has 0 unspecified atom stereocenters. The van der Waals surface area contributed by atoms with Gasteiger partial charge >= 0.3 is 0 Å². The summed E-state index contributed by atoms with van der Waals surface area (Å²) in [5.41, 5.74) is 3.26. The number of phenolic OH excluding ortho intramolecular Hbond substituents is 1. The second kappa shape index (κ2) is 21.0. The molecule has 0 radical (unpaired) electrons. The summed E-state index contributed by atoms with van der Waals surface area (Å²) in [6, 6.07) is 4.18. The van der Waals surface area contributed by atoms with Crippen LogP contribution in [0.25, 0.3) is 0 Å². The Bertz CT molecular complexity index is 506. The molecule has 29 heavy (non-hydrogen) atoms. The van der Waals surface area contributed by atoms with Crippen molar-refractivity contribution in [3.63, 3.8) is 0 Å². The fourth-order valence-electron chi connectivity index (χ4n) is 2.26. The maximum Gasteiger partial charge on any atom is 0.123 e. The Morgan fingerprint density at radius 3 is 1.31 bits per heavy atom. The van der Waals surface area contributed by atoms with Gasteiger partial charge in [0.2, 0.25) is 0 Å². The van der Waals surface area contributed by atoms with Gasteiger partial charge in [-0.2, -0.15) is 6.08 Å². The van der Waals surface area contributed by atoms with Crippen LogP contribution in [-0.2, 0) is 32.5 Å². The van der Waals surface area contributed by atoms with Crippen molar-refractivity contribution in [1.29, 1.82) is 0 Å². The smallest absolute Gasteiger partial charge is 0.123 e. The SMILES string of the molecule is Cc1cc(C(C)(C)C)c(O)c(C(C)(C)C)c1.Cl.Cl.[C-]1=CC=CC1.[CH3-].[CH3-].[CH3-].[CH3-].[CH3-].[Ti]. The van der Waals surface area contributed by atoms with E-state index < -0.39 is 0 Å². The molecule has 0 heterocycles. The number of halogens is 2. The molecule has 0 saturated carbocycles. The van der Waals surface area contributed by atoms with Crippen LogP contribution in [-0.4, -0.2) is 5.11 Å². The summed E-state index contributed by atoms with van der Waals surface area (Å²) in [7, 11) is 0. The number of hydrogen-bond donors (Lipinski definition) is 1. The van der Waals surface area contributed by atoms with Gasteiger partial charge in [0, 0.05) is 21.7 Å². The zero-order chi connectivity index (χ0) is 16.3. The van der Waals surface area contributed by atoms with E-state index in [1.54, 1.807) is 0 Å². The van der Waals surface area contributed by atoms with Gasteiger partial charge in [0.05, 0.1) is 0 Å². The van der Waals surface area contributed by atoms with Crippen LogP contribution in [0.4, 0.5) is 0 Å². The van der Waals surface area contributed by atoms with Crippen molar-refractivity contribution in [2.45, 2.75) is 65.7 Å². The Morgan fingerprint density at radius 1 is 0.793 bits per heavy atom. The topological polar surface area (TPSA) is 20.2 Å². The molecule has 1 aliphatic rings. The number of allylic oxidation sites excluding steroid dienone is 4. The molecule has 4 heteroatoms. The average molecular weight is 481 g/mol. The maximum absolute atomic E-state index is 10.4. The second-order valence-electron chi connectivity index (χ2n) is 7.71. The van der Waals surface area contributed by atoms with Crippen LogP contribution in [0.15, 0.2) is 30.4 Å². The zero-order valence-corrected chi connectivity index (χ0v) is 24.1. The van der Waals surface area contributed by atoms with Gasteiger partial charge in [0.1, 0.15) is 5.75 Å². The fourth-order valence-corrected chi connectivity index (χ4v) is 2.26. The molecule has 0 spiro atoms. The van der Waals surface area contributed by atoms with Gasteiger partial charge in [-0.25, -0.2) is 12.2 Å². The third kappa shape index (κ3) is 17.2. The Morgan fingerprint density at radius 2 is 1.14 bits per heavy atom. The quantitative estimate of drug-likeness (QED) is 0.290. The van der Waals surface area contributed by atoms with E-state index in [2.05, 4.69) is 72.8 Å². The number of aryl methyl sites for hydroxylation is 1. The predicted octanol–water partition coefficient (Wildman–Crippen LogP) is 8.69. The predicted molar refractivity (Wildman–Crippen MR) is 138 cm³/mol. The summed E-state index contributed by atoms with van der Waals surface area (Å²) in [5.74, 6) is 0.464. The minimum atomic E-state index is -0.0178. The number of aromatic hydroxyl groups is 1. The minimum Gasteiger partial charge on any atom is -0.507 e. The van der Waals surface area contributed by atoms with E-state index in [9.17, 15) is 5.11 Å². The molecule has 176 valence electrons. The van der Waals surface area contributed by atoms with Gasteiger partial charge in [0.25, 0.3) is 0 Å². The van der Waals surface area contributed by atoms with E-state index in [0.29, 0.717) is 5.75 Å². The van der Waals surface area contributed by atoms with Crippen molar-refractivity contribution in [3.05, 3.63) is 90.3 Å². The molecule has 1 N–H and O–H groups in total. The van der Waals surface area contributed by atoms with Gasteiger partial charge in [0.15, 0.2) is 0 Å². The average Bonchev–Trinajstić information content (AvgIpc) is 2.87. The summed E-state index contributed by atoms with van der Waals surface area (Å²) >= 11 is 0. The molecule has 0 bridgehead atoms. The second-order valence-corrected chi connectivity index (χ2v) is 7.71. The van der Waals surface area contributed by atoms with Crippen LogP contribution < -0.4 is 0 Å². The molecule has 1 nitrogen and oxygen atoms in total. The molecule has 0 atom stereocenters. The molecular weight excluding hydrogens is 435 g/mol. The first-order chi connectivity index (χ1) is 9.53. The first kappa shape index (κ1) is 51.4. The van der Waals surface area contributed by atoms with Crippen molar-refractivity contribution in [3.8, 4) is 5.75 Å². The molecule has 0 amide bonds. The minimum absolute atomic E-state index is 0. The van der Waals surface area contributed by atoms with Crippen molar-refractivity contribution < 1.29 is 26.8 Å². The number of phenols is 1. The fraction of sp³-hybridized carbons (Fsp3) is 0.400. The molecule has 1 aromatic rings. The Hall–Kier alpha value is -0.206. The third-order valence-electron chi connectivity index (χ3n) is 3.46. The summed E-state index contributed by atoms with van der Waals surface area (Å²) in [6.45, 7) is 14.9. The summed E-state index contributed by atoms with van der Waals surface area (Å²) in [4.78, 5) is 0. The molecule has 1 aromatic carbocycles. The number of benzene rings is 1. The van der Waals surface area contributed by atoms with Crippen molar-refractivity contribution in [1.82, 2.24) is 0 Å². The molecule has 0 fully saturated rings. The van der Waals surface area contributed by atoms with Gasteiger partial charge in [-0.3, -0.25) is 6.08 Å². The molecule has 0 aliphatic heterocycles. The van der Waals surface area contributed by atoms with Crippen LogP contribution in [0.1, 0.15) is 64.7 Å². The van der Waals surface area contributed by atoms with E-state index in [0.717, 1.165) is 17.5 Å².